The highest BCUT2D eigenvalue weighted by Gasteiger charge is 2.29. The van der Waals surface area contributed by atoms with Crippen LogP contribution in [0.25, 0.3) is 66.4 Å². The summed E-state index contributed by atoms with van der Waals surface area (Å²) in [6.07, 6.45) is 0. The Balaban J connectivity index is 1.10. The highest BCUT2D eigenvalue weighted by atomic mass is 19.1. The Labute approximate surface area is 410 Å². The molecule has 0 amide bonds. The number of anilines is 6. The maximum Gasteiger partial charge on any atom is 0.279 e. The molecular formula is C64H43F2N3O2. The van der Waals surface area contributed by atoms with Gasteiger partial charge in [0.2, 0.25) is 0 Å². The van der Waals surface area contributed by atoms with E-state index in [1.165, 1.54) is 12.1 Å². The molecule has 11 rings (SSSR count). The van der Waals surface area contributed by atoms with E-state index in [-0.39, 0.29) is 16.3 Å². The van der Waals surface area contributed by atoms with Crippen molar-refractivity contribution in [2.75, 3.05) is 9.80 Å². The SMILES string of the molecule is O=[N+]([O-])c1cc(N(c2ccccc2)c2c(F)cc(-c3ccccc3)cc2-c2ccccc2)ccc1-c1ccc(N(c2ccccc2)c2c(F)cc(-c3ccccc3)cc2-c2ccccc2)c2ccccc12. The van der Waals surface area contributed by atoms with E-state index in [1.54, 1.807) is 17.0 Å². The van der Waals surface area contributed by atoms with Crippen LogP contribution in [0.15, 0.2) is 261 Å². The van der Waals surface area contributed by atoms with E-state index in [0.717, 1.165) is 44.3 Å². The van der Waals surface area contributed by atoms with Gasteiger partial charge in [0.15, 0.2) is 0 Å². The average Bonchev–Trinajstić information content (AvgIpc) is 3.43. The van der Waals surface area contributed by atoms with Crippen LogP contribution in [0.3, 0.4) is 0 Å². The molecule has 0 aliphatic rings. The van der Waals surface area contributed by atoms with Crippen LogP contribution >= 0.6 is 0 Å². The van der Waals surface area contributed by atoms with Crippen molar-refractivity contribution in [2.24, 2.45) is 0 Å². The number of nitro groups is 1. The Morgan fingerprint density at radius 3 is 1.20 bits per heavy atom. The molecule has 0 aliphatic carbocycles. The third kappa shape index (κ3) is 8.58. The largest absolute Gasteiger partial charge is 0.307 e. The number of fused-ring (bicyclic) bond motifs is 1. The predicted molar refractivity (Wildman–Crippen MR) is 287 cm³/mol. The summed E-state index contributed by atoms with van der Waals surface area (Å²) in [7, 11) is 0. The molecule has 0 aromatic heterocycles. The summed E-state index contributed by atoms with van der Waals surface area (Å²) in [5.74, 6) is -0.912. The van der Waals surface area contributed by atoms with Crippen LogP contribution in [0.1, 0.15) is 0 Å². The van der Waals surface area contributed by atoms with Crippen LogP contribution in [-0.2, 0) is 0 Å². The zero-order valence-electron chi connectivity index (χ0n) is 38.2. The van der Waals surface area contributed by atoms with E-state index in [9.17, 15) is 10.1 Å². The summed E-state index contributed by atoms with van der Waals surface area (Å²) in [4.78, 5) is 16.8. The van der Waals surface area contributed by atoms with Crippen LogP contribution in [0.4, 0.5) is 48.6 Å². The van der Waals surface area contributed by atoms with Gasteiger partial charge < -0.3 is 9.80 Å². The van der Waals surface area contributed by atoms with Crippen LogP contribution in [0, 0.1) is 21.7 Å². The lowest BCUT2D eigenvalue weighted by Gasteiger charge is -2.30. The van der Waals surface area contributed by atoms with Crippen molar-refractivity contribution in [1.29, 1.82) is 0 Å². The fourth-order valence-corrected chi connectivity index (χ4v) is 9.62. The van der Waals surface area contributed by atoms with Crippen LogP contribution < -0.4 is 9.80 Å². The lowest BCUT2D eigenvalue weighted by molar-refractivity contribution is -0.384. The van der Waals surface area contributed by atoms with E-state index in [1.807, 2.05) is 241 Å². The maximum atomic E-state index is 17.4. The van der Waals surface area contributed by atoms with Gasteiger partial charge in [-0.2, -0.15) is 0 Å². The summed E-state index contributed by atoms with van der Waals surface area (Å²) >= 11 is 0. The predicted octanol–water partition coefficient (Wildman–Crippen LogP) is 18.3. The summed E-state index contributed by atoms with van der Waals surface area (Å²) in [5, 5.41) is 15.0. The van der Waals surface area contributed by atoms with Crippen molar-refractivity contribution in [3.63, 3.8) is 0 Å². The van der Waals surface area contributed by atoms with Gasteiger partial charge in [-0.25, -0.2) is 8.78 Å². The number of nitrogens with zero attached hydrogens (tertiary/aromatic N) is 3. The van der Waals surface area contributed by atoms with E-state index in [4.69, 9.17) is 0 Å². The van der Waals surface area contributed by atoms with Gasteiger partial charge in [0, 0.05) is 34.0 Å². The molecule has 0 N–H and O–H groups in total. The molecule has 0 saturated carbocycles. The summed E-state index contributed by atoms with van der Waals surface area (Å²) < 4.78 is 34.7. The maximum absolute atomic E-state index is 17.4. The second-order valence-electron chi connectivity index (χ2n) is 17.2. The molecule has 0 bridgehead atoms. The van der Waals surface area contributed by atoms with Crippen molar-refractivity contribution in [1.82, 2.24) is 0 Å². The number of hydrogen-bond acceptors (Lipinski definition) is 4. The van der Waals surface area contributed by atoms with Gasteiger partial charge in [-0.05, 0) is 111 Å². The van der Waals surface area contributed by atoms with Gasteiger partial charge in [-0.3, -0.25) is 10.1 Å². The van der Waals surface area contributed by atoms with Crippen LogP contribution in [-0.4, -0.2) is 4.92 Å². The Bertz CT molecular complexity index is 3690. The molecule has 11 aromatic rings. The number of nitro benzene ring substituents is 1. The topological polar surface area (TPSA) is 49.6 Å². The molecule has 71 heavy (non-hydrogen) atoms. The van der Waals surface area contributed by atoms with E-state index in [2.05, 4.69) is 0 Å². The molecule has 5 nitrogen and oxygen atoms in total. The van der Waals surface area contributed by atoms with E-state index >= 15 is 8.78 Å². The summed E-state index contributed by atoms with van der Waals surface area (Å²) in [5.41, 5.74) is 9.94. The molecule has 0 fully saturated rings. The second-order valence-corrected chi connectivity index (χ2v) is 17.2. The number of hydrogen-bond donors (Lipinski definition) is 0. The van der Waals surface area contributed by atoms with Gasteiger partial charge in [0.1, 0.15) is 11.6 Å². The smallest absolute Gasteiger partial charge is 0.279 e. The minimum atomic E-state index is -0.494. The number of benzene rings is 11. The number of para-hydroxylation sites is 2. The van der Waals surface area contributed by atoms with Crippen molar-refractivity contribution < 1.29 is 13.7 Å². The lowest BCUT2D eigenvalue weighted by Crippen LogP contribution is -2.14. The normalized spacial score (nSPS) is 11.1. The standard InChI is InChI=1S/C64H43F2N3O2/c65-59-41-48(44-21-7-1-8-22-44)39-57(46-25-11-3-12-26-46)63(59)67(50-29-15-5-16-30-50)52-35-36-56(62(43-52)69(70)71)54-37-38-61(55-34-20-19-33-53(54)55)68(51-31-17-6-18-32-51)64-58(47-27-13-4-14-28-47)40-49(42-60(64)66)45-23-9-2-10-24-45/h1-43H. The summed E-state index contributed by atoms with van der Waals surface area (Å²) in [6, 6.07) is 81.5. The van der Waals surface area contributed by atoms with Crippen molar-refractivity contribution in [3.8, 4) is 55.6 Å². The third-order valence-electron chi connectivity index (χ3n) is 12.9. The first-order valence-electron chi connectivity index (χ1n) is 23.3. The first-order valence-corrected chi connectivity index (χ1v) is 23.3. The van der Waals surface area contributed by atoms with Crippen molar-refractivity contribution in [3.05, 3.63) is 283 Å². The molecule has 0 atom stereocenters. The fraction of sp³-hybridized carbons (Fsp3) is 0. The highest BCUT2D eigenvalue weighted by molar-refractivity contribution is 6.08. The molecule has 0 radical (unpaired) electrons. The minimum absolute atomic E-state index is 0.169. The van der Waals surface area contributed by atoms with Gasteiger partial charge in [0.05, 0.1) is 33.2 Å². The Morgan fingerprint density at radius 1 is 0.324 bits per heavy atom. The average molecular weight is 924 g/mol. The quantitative estimate of drug-likeness (QED) is 0.0905. The van der Waals surface area contributed by atoms with Gasteiger partial charge in [-0.1, -0.05) is 188 Å². The molecule has 340 valence electrons. The Kier molecular flexibility index (Phi) is 12.0. The molecule has 0 unspecified atom stereocenters. The van der Waals surface area contributed by atoms with E-state index < -0.39 is 11.6 Å². The first-order chi connectivity index (χ1) is 34.9. The van der Waals surface area contributed by atoms with Gasteiger partial charge in [0.25, 0.3) is 5.69 Å². The molecule has 11 aromatic carbocycles. The number of rotatable bonds is 12. The highest BCUT2D eigenvalue weighted by Crippen LogP contribution is 2.50. The van der Waals surface area contributed by atoms with Crippen molar-refractivity contribution >= 4 is 50.6 Å². The zero-order valence-corrected chi connectivity index (χ0v) is 38.2. The van der Waals surface area contributed by atoms with Gasteiger partial charge >= 0.3 is 0 Å². The molecule has 0 spiro atoms. The Hall–Kier alpha value is -9.46. The molecular weight excluding hydrogens is 881 g/mol. The first kappa shape index (κ1) is 44.1. The van der Waals surface area contributed by atoms with Crippen LogP contribution in [0.5, 0.6) is 0 Å². The monoisotopic (exact) mass is 923 g/mol. The zero-order chi connectivity index (χ0) is 48.3. The lowest BCUT2D eigenvalue weighted by atomic mass is 9.93. The Morgan fingerprint density at radius 2 is 0.718 bits per heavy atom. The molecule has 0 aliphatic heterocycles. The third-order valence-corrected chi connectivity index (χ3v) is 12.9. The number of halogens is 2. The fourth-order valence-electron chi connectivity index (χ4n) is 9.62. The van der Waals surface area contributed by atoms with E-state index in [0.29, 0.717) is 50.6 Å². The molecule has 0 heterocycles. The minimum Gasteiger partial charge on any atom is -0.307 e. The van der Waals surface area contributed by atoms with Crippen LogP contribution in [0.2, 0.25) is 0 Å². The summed E-state index contributed by atoms with van der Waals surface area (Å²) in [6.45, 7) is 0. The molecule has 7 heteroatoms. The molecule has 0 saturated heterocycles. The van der Waals surface area contributed by atoms with Gasteiger partial charge in [-0.15, -0.1) is 0 Å². The second kappa shape index (κ2) is 19.3. The van der Waals surface area contributed by atoms with Crippen molar-refractivity contribution in [2.45, 2.75) is 0 Å².